The Morgan fingerprint density at radius 2 is 2.04 bits per heavy atom. The molecule has 0 fully saturated rings. The molecule has 2 heterocycles. The van der Waals surface area contributed by atoms with Crippen molar-refractivity contribution in [3.63, 3.8) is 0 Å². The quantitative estimate of drug-likeness (QED) is 0.887. The van der Waals surface area contributed by atoms with E-state index in [4.69, 9.17) is 0 Å². The van der Waals surface area contributed by atoms with Gasteiger partial charge in [-0.05, 0) is 23.8 Å². The molecule has 1 aliphatic rings. The normalized spacial score (nSPS) is 18.8. The summed E-state index contributed by atoms with van der Waals surface area (Å²) >= 11 is 0. The molecule has 1 N–H and O–H groups in total. The molecule has 0 saturated heterocycles. The molecule has 8 heteroatoms. The summed E-state index contributed by atoms with van der Waals surface area (Å²) in [5.74, 6) is -0.249. The van der Waals surface area contributed by atoms with E-state index in [0.717, 1.165) is 24.1 Å². The molecule has 6 nitrogen and oxygen atoms in total. The van der Waals surface area contributed by atoms with Gasteiger partial charge in [0.1, 0.15) is 5.82 Å². The number of benzene rings is 1. The topological polar surface area (TPSA) is 67.2 Å². The minimum atomic E-state index is -3.24. The molecular formula is C15H19FN4O2S. The number of nitrogens with zero attached hydrogens (tertiary/aromatic N) is 3. The maximum Gasteiger partial charge on any atom is 0.208 e. The second-order valence-corrected chi connectivity index (χ2v) is 7.67. The maximum absolute atomic E-state index is 13.0. The predicted octanol–water partition coefficient (Wildman–Crippen LogP) is 1.13. The van der Waals surface area contributed by atoms with Gasteiger partial charge in [-0.1, -0.05) is 12.1 Å². The molecular weight excluding hydrogens is 319 g/mol. The number of aromatic nitrogens is 2. The number of halogens is 1. The number of sulfonamides is 1. The molecule has 0 saturated carbocycles. The third kappa shape index (κ3) is 4.15. The molecule has 1 aromatic carbocycles. The molecule has 124 valence electrons. The molecule has 1 aromatic heterocycles. The van der Waals surface area contributed by atoms with Gasteiger partial charge in [-0.2, -0.15) is 5.10 Å². The third-order valence-corrected chi connectivity index (χ3v) is 4.54. The lowest BCUT2D eigenvalue weighted by atomic mass is 10.1. The monoisotopic (exact) mass is 338 g/mol. The van der Waals surface area contributed by atoms with E-state index in [-0.39, 0.29) is 11.9 Å². The van der Waals surface area contributed by atoms with Gasteiger partial charge in [-0.25, -0.2) is 17.5 Å². The summed E-state index contributed by atoms with van der Waals surface area (Å²) in [6.45, 7) is 2.38. The zero-order valence-corrected chi connectivity index (χ0v) is 13.6. The van der Waals surface area contributed by atoms with Crippen LogP contribution in [0, 0.1) is 5.82 Å². The summed E-state index contributed by atoms with van der Waals surface area (Å²) in [4.78, 5) is 2.21. The highest BCUT2D eigenvalue weighted by atomic mass is 32.2. The summed E-state index contributed by atoms with van der Waals surface area (Å²) in [7, 11) is -3.24. The van der Waals surface area contributed by atoms with Gasteiger partial charge >= 0.3 is 0 Å². The Balaban J connectivity index is 1.73. The number of nitrogens with one attached hydrogen (secondary N) is 1. The molecule has 1 aliphatic heterocycles. The van der Waals surface area contributed by atoms with E-state index in [1.807, 2.05) is 10.7 Å². The van der Waals surface area contributed by atoms with Gasteiger partial charge in [0.25, 0.3) is 0 Å². The SMILES string of the molecule is CS(=O)(=O)NCC1CN(Cc2ccc(F)cc2)Cc2ccnn21. The van der Waals surface area contributed by atoms with Crippen molar-refractivity contribution in [2.45, 2.75) is 19.1 Å². The molecule has 0 bridgehead atoms. The molecule has 3 rings (SSSR count). The Morgan fingerprint density at radius 3 is 2.74 bits per heavy atom. The molecule has 0 radical (unpaired) electrons. The molecule has 0 spiro atoms. The average Bonchev–Trinajstić information content (AvgIpc) is 2.95. The predicted molar refractivity (Wildman–Crippen MR) is 84.6 cm³/mol. The van der Waals surface area contributed by atoms with Crippen LogP contribution < -0.4 is 4.72 Å². The van der Waals surface area contributed by atoms with E-state index in [1.54, 1.807) is 18.3 Å². The molecule has 0 amide bonds. The van der Waals surface area contributed by atoms with E-state index in [9.17, 15) is 12.8 Å². The molecule has 2 aromatic rings. The zero-order chi connectivity index (χ0) is 16.4. The third-order valence-electron chi connectivity index (χ3n) is 3.85. The van der Waals surface area contributed by atoms with Crippen LogP contribution in [-0.4, -0.2) is 42.4 Å². The molecule has 1 atom stereocenters. The van der Waals surface area contributed by atoms with Crippen LogP contribution in [0.15, 0.2) is 36.5 Å². The Kier molecular flexibility index (Phi) is 4.47. The number of rotatable bonds is 5. The lowest BCUT2D eigenvalue weighted by molar-refractivity contribution is 0.168. The van der Waals surface area contributed by atoms with E-state index in [1.165, 1.54) is 12.1 Å². The highest BCUT2D eigenvalue weighted by Gasteiger charge is 2.26. The van der Waals surface area contributed by atoms with Crippen molar-refractivity contribution in [1.29, 1.82) is 0 Å². The van der Waals surface area contributed by atoms with Crippen molar-refractivity contribution in [2.24, 2.45) is 0 Å². The molecule has 0 aliphatic carbocycles. The van der Waals surface area contributed by atoms with Gasteiger partial charge in [0.15, 0.2) is 0 Å². The van der Waals surface area contributed by atoms with Gasteiger partial charge < -0.3 is 0 Å². The zero-order valence-electron chi connectivity index (χ0n) is 12.8. The molecule has 23 heavy (non-hydrogen) atoms. The van der Waals surface area contributed by atoms with Crippen molar-refractivity contribution in [3.05, 3.63) is 53.6 Å². The van der Waals surface area contributed by atoms with Crippen molar-refractivity contribution in [3.8, 4) is 0 Å². The first kappa shape index (κ1) is 16.1. The van der Waals surface area contributed by atoms with Gasteiger partial charge in [-0.3, -0.25) is 9.58 Å². The second kappa shape index (κ2) is 6.38. The van der Waals surface area contributed by atoms with E-state index in [0.29, 0.717) is 19.6 Å². The first-order valence-corrected chi connectivity index (χ1v) is 9.24. The average molecular weight is 338 g/mol. The Morgan fingerprint density at radius 1 is 1.30 bits per heavy atom. The van der Waals surface area contributed by atoms with Crippen LogP contribution in [0.1, 0.15) is 17.3 Å². The van der Waals surface area contributed by atoms with Crippen molar-refractivity contribution in [2.75, 3.05) is 19.3 Å². The van der Waals surface area contributed by atoms with Gasteiger partial charge in [0.2, 0.25) is 10.0 Å². The standard InChI is InChI=1S/C15H19FN4O2S/c1-23(21,22)18-8-15-11-19(10-14-6-7-17-20(14)15)9-12-2-4-13(16)5-3-12/h2-7,15,18H,8-11H2,1H3. The van der Waals surface area contributed by atoms with Crippen molar-refractivity contribution >= 4 is 10.0 Å². The van der Waals surface area contributed by atoms with Crippen LogP contribution in [0.2, 0.25) is 0 Å². The fourth-order valence-corrected chi connectivity index (χ4v) is 3.33. The van der Waals surface area contributed by atoms with Crippen molar-refractivity contribution < 1.29 is 12.8 Å². The first-order chi connectivity index (χ1) is 10.9. The maximum atomic E-state index is 13.0. The van der Waals surface area contributed by atoms with E-state index >= 15 is 0 Å². The summed E-state index contributed by atoms with van der Waals surface area (Å²) in [6.07, 6.45) is 2.88. The summed E-state index contributed by atoms with van der Waals surface area (Å²) in [5.41, 5.74) is 2.06. The Labute approximate surface area is 135 Å². The lowest BCUT2D eigenvalue weighted by Crippen LogP contribution is -2.42. The summed E-state index contributed by atoms with van der Waals surface area (Å²) in [5, 5.41) is 4.30. The van der Waals surface area contributed by atoms with Crippen LogP contribution in [0.4, 0.5) is 4.39 Å². The largest absolute Gasteiger partial charge is 0.291 e. The fraction of sp³-hybridized carbons (Fsp3) is 0.400. The fourth-order valence-electron chi connectivity index (χ4n) is 2.83. The highest BCUT2D eigenvalue weighted by Crippen LogP contribution is 2.21. The van der Waals surface area contributed by atoms with E-state index < -0.39 is 10.0 Å². The van der Waals surface area contributed by atoms with Gasteiger partial charge in [0, 0.05) is 32.4 Å². The smallest absolute Gasteiger partial charge is 0.208 e. The van der Waals surface area contributed by atoms with Crippen LogP contribution >= 0.6 is 0 Å². The van der Waals surface area contributed by atoms with Crippen LogP contribution in [0.25, 0.3) is 0 Å². The van der Waals surface area contributed by atoms with Gasteiger partial charge in [-0.15, -0.1) is 0 Å². The van der Waals surface area contributed by atoms with Crippen LogP contribution in [0.3, 0.4) is 0 Å². The van der Waals surface area contributed by atoms with E-state index in [2.05, 4.69) is 14.7 Å². The summed E-state index contributed by atoms with van der Waals surface area (Å²) < 4.78 is 40.1. The highest BCUT2D eigenvalue weighted by molar-refractivity contribution is 7.88. The number of hydrogen-bond donors (Lipinski definition) is 1. The Bertz CT molecular complexity index is 773. The number of fused-ring (bicyclic) bond motifs is 1. The van der Waals surface area contributed by atoms with Crippen LogP contribution in [-0.2, 0) is 23.1 Å². The Hall–Kier alpha value is -1.77. The first-order valence-electron chi connectivity index (χ1n) is 7.34. The number of hydrogen-bond acceptors (Lipinski definition) is 4. The summed E-state index contributed by atoms with van der Waals surface area (Å²) in [6, 6.07) is 8.31. The lowest BCUT2D eigenvalue weighted by Gasteiger charge is -2.34. The second-order valence-electron chi connectivity index (χ2n) is 5.84. The van der Waals surface area contributed by atoms with Crippen molar-refractivity contribution in [1.82, 2.24) is 19.4 Å². The minimum Gasteiger partial charge on any atom is -0.291 e. The van der Waals surface area contributed by atoms with Crippen LogP contribution in [0.5, 0.6) is 0 Å². The minimum absolute atomic E-state index is 0.0658. The van der Waals surface area contributed by atoms with Gasteiger partial charge in [0.05, 0.1) is 18.0 Å². The molecule has 1 unspecified atom stereocenters.